The Bertz CT molecular complexity index is 630. The van der Waals surface area contributed by atoms with Gasteiger partial charge in [-0.3, -0.25) is 14.3 Å². The number of nitrogens with one attached hydrogen (secondary N) is 1. The lowest BCUT2D eigenvalue weighted by Gasteiger charge is -2.16. The van der Waals surface area contributed by atoms with E-state index in [2.05, 4.69) is 10.4 Å². The molecule has 2 aromatic rings. The number of benzene rings is 1. The highest BCUT2D eigenvalue weighted by atomic mass is 16.4. The second kappa shape index (κ2) is 6.21. The maximum atomic E-state index is 12.2. The summed E-state index contributed by atoms with van der Waals surface area (Å²) in [6, 6.07) is 10.1. The highest BCUT2D eigenvalue weighted by Crippen LogP contribution is 2.17. The standard InChI is InChI=1S/C15H17N3O3/c1-10-8-13(17-18(10)2)15(21)16-12(9-14(19)20)11-6-4-3-5-7-11/h3-8,12H,9H2,1-2H3,(H,16,21)(H,19,20). The van der Waals surface area contributed by atoms with Gasteiger partial charge in [-0.15, -0.1) is 0 Å². The third-order valence-electron chi connectivity index (χ3n) is 3.23. The maximum absolute atomic E-state index is 12.2. The first-order valence-electron chi connectivity index (χ1n) is 6.55. The monoisotopic (exact) mass is 287 g/mol. The molecule has 110 valence electrons. The van der Waals surface area contributed by atoms with Crippen molar-refractivity contribution >= 4 is 11.9 Å². The Hall–Kier alpha value is -2.63. The molecule has 0 radical (unpaired) electrons. The molecule has 2 rings (SSSR count). The van der Waals surface area contributed by atoms with E-state index in [0.717, 1.165) is 11.3 Å². The Morgan fingerprint density at radius 2 is 2.00 bits per heavy atom. The Morgan fingerprint density at radius 1 is 1.33 bits per heavy atom. The molecule has 0 bridgehead atoms. The van der Waals surface area contributed by atoms with Crippen LogP contribution in [0.15, 0.2) is 36.4 Å². The fourth-order valence-electron chi connectivity index (χ4n) is 2.02. The number of hydrogen-bond donors (Lipinski definition) is 2. The molecule has 0 saturated carbocycles. The summed E-state index contributed by atoms with van der Waals surface area (Å²) in [7, 11) is 1.75. The van der Waals surface area contributed by atoms with Crippen molar-refractivity contribution in [2.75, 3.05) is 0 Å². The fraction of sp³-hybridized carbons (Fsp3) is 0.267. The van der Waals surface area contributed by atoms with Crippen molar-refractivity contribution in [3.8, 4) is 0 Å². The summed E-state index contributed by atoms with van der Waals surface area (Å²) in [4.78, 5) is 23.2. The van der Waals surface area contributed by atoms with Gasteiger partial charge in [-0.2, -0.15) is 5.10 Å². The van der Waals surface area contributed by atoms with Crippen LogP contribution in [-0.2, 0) is 11.8 Å². The predicted molar refractivity (Wildman–Crippen MR) is 76.8 cm³/mol. The number of nitrogens with zero attached hydrogens (tertiary/aromatic N) is 2. The first-order chi connectivity index (χ1) is 9.97. The van der Waals surface area contributed by atoms with Crippen LogP contribution in [0, 0.1) is 6.92 Å². The molecule has 6 heteroatoms. The Morgan fingerprint density at radius 3 is 2.52 bits per heavy atom. The number of carbonyl (C=O) groups excluding carboxylic acids is 1. The molecule has 0 aliphatic heterocycles. The minimum Gasteiger partial charge on any atom is -0.481 e. The molecule has 0 spiro atoms. The van der Waals surface area contributed by atoms with Crippen LogP contribution in [0.25, 0.3) is 0 Å². The normalized spacial score (nSPS) is 11.9. The van der Waals surface area contributed by atoms with Gasteiger partial charge in [-0.05, 0) is 18.6 Å². The van der Waals surface area contributed by atoms with Crippen LogP contribution in [0.2, 0.25) is 0 Å². The van der Waals surface area contributed by atoms with Crippen molar-refractivity contribution in [3.63, 3.8) is 0 Å². The van der Waals surface area contributed by atoms with Crippen molar-refractivity contribution < 1.29 is 14.7 Å². The molecule has 2 N–H and O–H groups in total. The number of amides is 1. The molecule has 1 aromatic carbocycles. The van der Waals surface area contributed by atoms with Crippen LogP contribution in [0.1, 0.15) is 34.2 Å². The van der Waals surface area contributed by atoms with Crippen LogP contribution < -0.4 is 5.32 Å². The van der Waals surface area contributed by atoms with Crippen molar-refractivity contribution in [3.05, 3.63) is 53.3 Å². The van der Waals surface area contributed by atoms with Gasteiger partial charge < -0.3 is 10.4 Å². The van der Waals surface area contributed by atoms with Gasteiger partial charge >= 0.3 is 5.97 Å². The molecule has 1 heterocycles. The first-order valence-corrected chi connectivity index (χ1v) is 6.55. The van der Waals surface area contributed by atoms with E-state index in [1.54, 1.807) is 42.1 Å². The van der Waals surface area contributed by atoms with Crippen LogP contribution in [0.5, 0.6) is 0 Å². The van der Waals surface area contributed by atoms with E-state index in [1.807, 2.05) is 13.0 Å². The third kappa shape index (κ3) is 3.68. The molecule has 1 amide bonds. The first kappa shape index (κ1) is 14.8. The highest BCUT2D eigenvalue weighted by molar-refractivity contribution is 5.92. The largest absolute Gasteiger partial charge is 0.481 e. The summed E-state index contributed by atoms with van der Waals surface area (Å²) in [5.74, 6) is -1.35. The van der Waals surface area contributed by atoms with Crippen molar-refractivity contribution in [1.82, 2.24) is 15.1 Å². The number of carbonyl (C=O) groups is 2. The SMILES string of the molecule is Cc1cc(C(=O)NC(CC(=O)O)c2ccccc2)nn1C. The third-order valence-corrected chi connectivity index (χ3v) is 3.23. The number of rotatable bonds is 5. The quantitative estimate of drug-likeness (QED) is 0.876. The van der Waals surface area contributed by atoms with Crippen LogP contribution in [0.3, 0.4) is 0 Å². The second-order valence-electron chi connectivity index (χ2n) is 4.83. The number of carboxylic acids is 1. The molecule has 21 heavy (non-hydrogen) atoms. The van der Waals surface area contributed by atoms with Gasteiger partial charge in [-0.25, -0.2) is 0 Å². The topological polar surface area (TPSA) is 84.2 Å². The van der Waals surface area contributed by atoms with Gasteiger partial charge in [0, 0.05) is 12.7 Å². The molecular weight excluding hydrogens is 270 g/mol. The van der Waals surface area contributed by atoms with Crippen LogP contribution in [0.4, 0.5) is 0 Å². The van der Waals surface area contributed by atoms with E-state index < -0.39 is 12.0 Å². The molecule has 1 atom stereocenters. The van der Waals surface area contributed by atoms with Gasteiger partial charge in [0.2, 0.25) is 0 Å². The van der Waals surface area contributed by atoms with Gasteiger partial charge in [0.25, 0.3) is 5.91 Å². The number of aryl methyl sites for hydroxylation is 2. The lowest BCUT2D eigenvalue weighted by Crippen LogP contribution is -2.30. The van der Waals surface area contributed by atoms with E-state index in [4.69, 9.17) is 5.11 Å². The highest BCUT2D eigenvalue weighted by Gasteiger charge is 2.20. The zero-order valence-corrected chi connectivity index (χ0v) is 11.9. The number of aliphatic carboxylic acids is 1. The number of carboxylic acid groups (broad SMARTS) is 1. The minimum absolute atomic E-state index is 0.179. The smallest absolute Gasteiger partial charge is 0.305 e. The Kier molecular flexibility index (Phi) is 4.37. The summed E-state index contributed by atoms with van der Waals surface area (Å²) in [6.07, 6.45) is -0.179. The Balaban J connectivity index is 2.19. The van der Waals surface area contributed by atoms with Crippen LogP contribution in [-0.4, -0.2) is 26.8 Å². The summed E-state index contributed by atoms with van der Waals surface area (Å²) < 4.78 is 1.60. The molecule has 6 nitrogen and oxygen atoms in total. The van der Waals surface area contributed by atoms with Gasteiger partial charge in [0.05, 0.1) is 12.5 Å². The van der Waals surface area contributed by atoms with E-state index in [-0.39, 0.29) is 18.0 Å². The van der Waals surface area contributed by atoms with E-state index in [0.29, 0.717) is 0 Å². The average molecular weight is 287 g/mol. The average Bonchev–Trinajstić information content (AvgIpc) is 2.78. The Labute approximate surface area is 122 Å². The lowest BCUT2D eigenvalue weighted by atomic mass is 10.0. The summed E-state index contributed by atoms with van der Waals surface area (Å²) in [6.45, 7) is 1.84. The van der Waals surface area contributed by atoms with Gasteiger partial charge in [0.1, 0.15) is 5.69 Å². The molecule has 0 fully saturated rings. The van der Waals surface area contributed by atoms with Crippen molar-refractivity contribution in [1.29, 1.82) is 0 Å². The van der Waals surface area contributed by atoms with E-state index >= 15 is 0 Å². The van der Waals surface area contributed by atoms with Crippen molar-refractivity contribution in [2.24, 2.45) is 7.05 Å². The predicted octanol–water partition coefficient (Wildman–Crippen LogP) is 1.67. The molecule has 1 aromatic heterocycles. The zero-order valence-electron chi connectivity index (χ0n) is 11.9. The van der Waals surface area contributed by atoms with Gasteiger partial charge in [-0.1, -0.05) is 30.3 Å². The maximum Gasteiger partial charge on any atom is 0.305 e. The fourth-order valence-corrected chi connectivity index (χ4v) is 2.02. The molecule has 0 saturated heterocycles. The molecule has 1 unspecified atom stereocenters. The molecule has 0 aliphatic carbocycles. The molecular formula is C15H17N3O3. The van der Waals surface area contributed by atoms with E-state index in [9.17, 15) is 9.59 Å². The lowest BCUT2D eigenvalue weighted by molar-refractivity contribution is -0.137. The van der Waals surface area contributed by atoms with E-state index in [1.165, 1.54) is 0 Å². The minimum atomic E-state index is -0.971. The zero-order chi connectivity index (χ0) is 15.4. The number of hydrogen-bond acceptors (Lipinski definition) is 3. The van der Waals surface area contributed by atoms with Crippen molar-refractivity contribution in [2.45, 2.75) is 19.4 Å². The summed E-state index contributed by atoms with van der Waals surface area (Å²) in [5.41, 5.74) is 1.89. The number of aromatic nitrogens is 2. The molecule has 0 aliphatic rings. The van der Waals surface area contributed by atoms with Crippen LogP contribution >= 0.6 is 0 Å². The summed E-state index contributed by atoms with van der Waals surface area (Å²) >= 11 is 0. The summed E-state index contributed by atoms with van der Waals surface area (Å²) in [5, 5.41) is 15.8. The van der Waals surface area contributed by atoms with Gasteiger partial charge in [0.15, 0.2) is 0 Å². The second-order valence-corrected chi connectivity index (χ2v) is 4.83.